The maximum absolute atomic E-state index is 11.1. The lowest BCUT2D eigenvalue weighted by molar-refractivity contribution is -0.130. The quantitative estimate of drug-likeness (QED) is 0.473. The molecule has 1 aliphatic carbocycles. The van der Waals surface area contributed by atoms with Gasteiger partial charge in [-0.05, 0) is 49.7 Å². The van der Waals surface area contributed by atoms with Gasteiger partial charge >= 0.3 is 0 Å². The van der Waals surface area contributed by atoms with E-state index in [1.54, 1.807) is 5.48 Å². The van der Waals surface area contributed by atoms with E-state index in [1.165, 1.54) is 0 Å². The molecule has 19 heavy (non-hydrogen) atoms. The SMILES string of the molecule is CC(C)(C)[Si](C)(C)OC1CCC(CC(=O)NO)CC1. The number of carbonyl (C=O) groups is 1. The van der Waals surface area contributed by atoms with Gasteiger partial charge in [0.15, 0.2) is 8.32 Å². The number of amides is 1. The number of hydroxylamine groups is 1. The van der Waals surface area contributed by atoms with Gasteiger partial charge in [-0.1, -0.05) is 20.8 Å². The van der Waals surface area contributed by atoms with Gasteiger partial charge in [0.1, 0.15) is 0 Å². The van der Waals surface area contributed by atoms with E-state index >= 15 is 0 Å². The molecule has 0 bridgehead atoms. The van der Waals surface area contributed by atoms with Crippen LogP contribution in [0.25, 0.3) is 0 Å². The van der Waals surface area contributed by atoms with Crippen LogP contribution < -0.4 is 5.48 Å². The summed E-state index contributed by atoms with van der Waals surface area (Å²) in [7, 11) is -1.67. The first-order valence-corrected chi connectivity index (χ1v) is 10.2. The predicted molar refractivity (Wildman–Crippen MR) is 78.6 cm³/mol. The first kappa shape index (κ1) is 16.7. The van der Waals surface area contributed by atoms with Gasteiger partial charge in [0.05, 0.1) is 0 Å². The Kier molecular flexibility index (Phi) is 5.59. The molecular formula is C14H29NO3Si. The maximum atomic E-state index is 11.1. The topological polar surface area (TPSA) is 58.6 Å². The van der Waals surface area contributed by atoms with E-state index in [0.717, 1.165) is 25.7 Å². The Labute approximate surface area is 118 Å². The highest BCUT2D eigenvalue weighted by Crippen LogP contribution is 2.39. The zero-order chi connectivity index (χ0) is 14.7. The fourth-order valence-corrected chi connectivity index (χ4v) is 3.78. The smallest absolute Gasteiger partial charge is 0.243 e. The molecule has 1 amide bonds. The Morgan fingerprint density at radius 2 is 1.79 bits per heavy atom. The number of hydrogen-bond donors (Lipinski definition) is 2. The van der Waals surface area contributed by atoms with Crippen LogP contribution >= 0.6 is 0 Å². The summed E-state index contributed by atoms with van der Waals surface area (Å²) >= 11 is 0. The van der Waals surface area contributed by atoms with Crippen LogP contribution in [0.3, 0.4) is 0 Å². The second-order valence-electron chi connectivity index (χ2n) is 7.26. The molecule has 0 heterocycles. The monoisotopic (exact) mass is 287 g/mol. The Hall–Kier alpha value is -0.393. The van der Waals surface area contributed by atoms with Gasteiger partial charge in [0.2, 0.25) is 5.91 Å². The molecular weight excluding hydrogens is 258 g/mol. The summed E-state index contributed by atoms with van der Waals surface area (Å²) in [5.74, 6) is 0.125. The van der Waals surface area contributed by atoms with Crippen LogP contribution in [0.4, 0.5) is 0 Å². The summed E-state index contributed by atoms with van der Waals surface area (Å²) in [4.78, 5) is 11.1. The molecule has 4 nitrogen and oxygen atoms in total. The second kappa shape index (κ2) is 6.37. The molecule has 1 saturated carbocycles. The van der Waals surface area contributed by atoms with Crippen molar-refractivity contribution < 1.29 is 14.4 Å². The van der Waals surface area contributed by atoms with Crippen molar-refractivity contribution >= 4 is 14.2 Å². The molecule has 0 unspecified atom stereocenters. The molecule has 0 aliphatic heterocycles. The molecule has 0 atom stereocenters. The molecule has 0 aromatic rings. The molecule has 1 aliphatic rings. The van der Waals surface area contributed by atoms with Crippen LogP contribution in [-0.2, 0) is 9.22 Å². The van der Waals surface area contributed by atoms with E-state index < -0.39 is 8.32 Å². The van der Waals surface area contributed by atoms with Gasteiger partial charge in [-0.25, -0.2) is 5.48 Å². The van der Waals surface area contributed by atoms with Gasteiger partial charge in [-0.2, -0.15) is 0 Å². The Balaban J connectivity index is 2.40. The molecule has 0 aromatic heterocycles. The summed E-state index contributed by atoms with van der Waals surface area (Å²) in [6, 6.07) is 0. The van der Waals surface area contributed by atoms with E-state index in [9.17, 15) is 4.79 Å². The average Bonchev–Trinajstić information content (AvgIpc) is 2.29. The van der Waals surface area contributed by atoms with Gasteiger partial charge in [-0.3, -0.25) is 10.0 Å². The minimum atomic E-state index is -1.67. The molecule has 0 aromatic carbocycles. The predicted octanol–water partition coefficient (Wildman–Crippen LogP) is 3.46. The van der Waals surface area contributed by atoms with E-state index in [0.29, 0.717) is 18.4 Å². The Morgan fingerprint density at radius 3 is 2.21 bits per heavy atom. The van der Waals surface area contributed by atoms with Crippen LogP contribution in [0.15, 0.2) is 0 Å². The van der Waals surface area contributed by atoms with Crippen LogP contribution in [0, 0.1) is 5.92 Å². The lowest BCUT2D eigenvalue weighted by Crippen LogP contribution is -2.44. The highest BCUT2D eigenvalue weighted by atomic mass is 28.4. The molecule has 1 fully saturated rings. The standard InChI is InChI=1S/C14H29NO3Si/c1-14(2,3)19(4,5)18-12-8-6-11(7-9-12)10-13(16)15-17/h11-12,17H,6-10H2,1-5H3,(H,15,16). The number of carbonyl (C=O) groups excluding carboxylic acids is 1. The second-order valence-corrected chi connectivity index (χ2v) is 12.0. The van der Waals surface area contributed by atoms with E-state index in [4.69, 9.17) is 9.63 Å². The summed E-state index contributed by atoms with van der Waals surface area (Å²) in [6.45, 7) is 11.4. The minimum absolute atomic E-state index is 0.251. The van der Waals surface area contributed by atoms with Crippen molar-refractivity contribution in [1.82, 2.24) is 5.48 Å². The maximum Gasteiger partial charge on any atom is 0.243 e. The normalized spacial score (nSPS) is 25.2. The molecule has 0 radical (unpaired) electrons. The molecule has 112 valence electrons. The third-order valence-electron chi connectivity index (χ3n) is 4.66. The van der Waals surface area contributed by atoms with E-state index in [-0.39, 0.29) is 10.9 Å². The van der Waals surface area contributed by atoms with Crippen LogP contribution in [0.2, 0.25) is 18.1 Å². The summed E-state index contributed by atoms with van der Waals surface area (Å²) < 4.78 is 6.41. The third kappa shape index (κ3) is 4.89. The molecule has 5 heteroatoms. The van der Waals surface area contributed by atoms with E-state index in [2.05, 4.69) is 33.9 Å². The van der Waals surface area contributed by atoms with Crippen molar-refractivity contribution in [3.8, 4) is 0 Å². The largest absolute Gasteiger partial charge is 0.414 e. The van der Waals surface area contributed by atoms with Gasteiger partial charge < -0.3 is 4.43 Å². The van der Waals surface area contributed by atoms with Crippen LogP contribution in [-0.4, -0.2) is 25.5 Å². The molecule has 1 rings (SSSR count). The fourth-order valence-electron chi connectivity index (χ4n) is 2.36. The van der Waals surface area contributed by atoms with E-state index in [1.807, 2.05) is 0 Å². The Bertz CT molecular complexity index is 304. The third-order valence-corrected chi connectivity index (χ3v) is 9.19. The van der Waals surface area contributed by atoms with Crippen molar-refractivity contribution in [2.75, 3.05) is 0 Å². The van der Waals surface area contributed by atoms with Gasteiger partial charge in [0, 0.05) is 12.5 Å². The molecule has 0 spiro atoms. The zero-order valence-electron chi connectivity index (χ0n) is 13.0. The van der Waals surface area contributed by atoms with Crippen molar-refractivity contribution in [2.45, 2.75) is 77.1 Å². The lowest BCUT2D eigenvalue weighted by atomic mass is 9.85. The highest BCUT2D eigenvalue weighted by Gasteiger charge is 2.39. The van der Waals surface area contributed by atoms with Crippen molar-refractivity contribution in [3.63, 3.8) is 0 Å². The molecule has 2 N–H and O–H groups in total. The number of nitrogens with one attached hydrogen (secondary N) is 1. The number of hydrogen-bond acceptors (Lipinski definition) is 3. The number of rotatable bonds is 4. The highest BCUT2D eigenvalue weighted by molar-refractivity contribution is 6.74. The van der Waals surface area contributed by atoms with Crippen molar-refractivity contribution in [3.05, 3.63) is 0 Å². The summed E-state index contributed by atoms with van der Waals surface area (Å²) in [6.07, 6.45) is 4.91. The average molecular weight is 287 g/mol. The van der Waals surface area contributed by atoms with Gasteiger partial charge in [-0.15, -0.1) is 0 Å². The van der Waals surface area contributed by atoms with Crippen LogP contribution in [0.1, 0.15) is 52.9 Å². The summed E-state index contributed by atoms with van der Waals surface area (Å²) in [5, 5.41) is 8.79. The first-order valence-electron chi connectivity index (χ1n) is 7.26. The van der Waals surface area contributed by atoms with Crippen molar-refractivity contribution in [2.24, 2.45) is 5.92 Å². The van der Waals surface area contributed by atoms with Gasteiger partial charge in [0.25, 0.3) is 0 Å². The lowest BCUT2D eigenvalue weighted by Gasteiger charge is -2.41. The first-order chi connectivity index (χ1) is 8.65. The van der Waals surface area contributed by atoms with Crippen LogP contribution in [0.5, 0.6) is 0 Å². The summed E-state index contributed by atoms with van der Waals surface area (Å²) in [5.41, 5.74) is 1.72. The van der Waals surface area contributed by atoms with Crippen molar-refractivity contribution in [1.29, 1.82) is 0 Å². The molecule has 0 saturated heterocycles. The zero-order valence-corrected chi connectivity index (χ0v) is 14.0. The Morgan fingerprint density at radius 1 is 1.26 bits per heavy atom. The fraction of sp³-hybridized carbons (Fsp3) is 0.929. The minimum Gasteiger partial charge on any atom is -0.414 e.